The fourth-order valence-electron chi connectivity index (χ4n) is 4.19. The van der Waals surface area contributed by atoms with E-state index in [1.54, 1.807) is 0 Å². The van der Waals surface area contributed by atoms with Crippen molar-refractivity contribution in [3.05, 3.63) is 35.4 Å². The van der Waals surface area contributed by atoms with Crippen LogP contribution in [0.4, 0.5) is 0 Å². The van der Waals surface area contributed by atoms with Crippen LogP contribution >= 0.6 is 0 Å². The third kappa shape index (κ3) is 2.74. The van der Waals surface area contributed by atoms with Crippen molar-refractivity contribution in [3.8, 4) is 0 Å². The normalized spacial score (nSPS) is 29.6. The predicted molar refractivity (Wildman–Crippen MR) is 79.8 cm³/mol. The van der Waals surface area contributed by atoms with Gasteiger partial charge in [-0.3, -0.25) is 0 Å². The molecule has 0 bridgehead atoms. The van der Waals surface area contributed by atoms with Crippen molar-refractivity contribution >= 4 is 5.97 Å². The summed E-state index contributed by atoms with van der Waals surface area (Å²) in [6, 6.07) is 8.07. The Balaban J connectivity index is 1.68. The molecular formula is C18H24O2. The van der Waals surface area contributed by atoms with Crippen molar-refractivity contribution in [1.82, 2.24) is 0 Å². The number of carbonyl (C=O) groups excluding carboxylic acids is 1. The van der Waals surface area contributed by atoms with Crippen LogP contribution < -0.4 is 0 Å². The lowest BCUT2D eigenvalue weighted by atomic mass is 9.66. The monoisotopic (exact) mass is 272 g/mol. The second-order valence-corrected chi connectivity index (χ2v) is 6.43. The molecular weight excluding hydrogens is 248 g/mol. The molecule has 0 saturated heterocycles. The van der Waals surface area contributed by atoms with Crippen molar-refractivity contribution in [2.45, 2.75) is 50.9 Å². The Hall–Kier alpha value is -1.31. The van der Waals surface area contributed by atoms with E-state index < -0.39 is 0 Å². The van der Waals surface area contributed by atoms with E-state index >= 15 is 0 Å². The Morgan fingerprint density at radius 2 is 1.70 bits per heavy atom. The summed E-state index contributed by atoms with van der Waals surface area (Å²) in [5, 5.41) is 0. The molecule has 1 aromatic rings. The third-order valence-corrected chi connectivity index (χ3v) is 5.34. The zero-order chi connectivity index (χ0) is 13.9. The van der Waals surface area contributed by atoms with E-state index in [4.69, 9.17) is 4.74 Å². The Kier molecular flexibility index (Phi) is 4.09. The minimum absolute atomic E-state index is 0.243. The molecule has 1 aromatic carbocycles. The van der Waals surface area contributed by atoms with Gasteiger partial charge in [-0.15, -0.1) is 0 Å². The highest BCUT2D eigenvalue weighted by Crippen LogP contribution is 2.45. The van der Waals surface area contributed by atoms with Crippen LogP contribution in [0.15, 0.2) is 24.3 Å². The van der Waals surface area contributed by atoms with Crippen LogP contribution in [0.2, 0.25) is 0 Å². The molecule has 0 spiro atoms. The maximum atomic E-state index is 11.5. The van der Waals surface area contributed by atoms with Gasteiger partial charge in [-0.25, -0.2) is 4.79 Å². The molecule has 2 aliphatic rings. The first-order valence-electron chi connectivity index (χ1n) is 7.96. The summed E-state index contributed by atoms with van der Waals surface area (Å²) in [6.45, 7) is 0. The minimum atomic E-state index is -0.243. The van der Waals surface area contributed by atoms with Gasteiger partial charge in [-0.05, 0) is 54.7 Å². The van der Waals surface area contributed by atoms with Crippen LogP contribution in [0.1, 0.15) is 66.8 Å². The van der Waals surface area contributed by atoms with Gasteiger partial charge in [-0.1, -0.05) is 37.8 Å². The molecule has 108 valence electrons. The molecule has 20 heavy (non-hydrogen) atoms. The van der Waals surface area contributed by atoms with Gasteiger partial charge in [-0.2, -0.15) is 0 Å². The molecule has 2 aliphatic carbocycles. The van der Waals surface area contributed by atoms with Crippen LogP contribution in [0, 0.1) is 11.8 Å². The molecule has 3 unspecified atom stereocenters. The molecule has 0 radical (unpaired) electrons. The molecule has 0 N–H and O–H groups in total. The van der Waals surface area contributed by atoms with E-state index in [1.165, 1.54) is 57.6 Å². The second-order valence-electron chi connectivity index (χ2n) is 6.43. The Labute approximate surface area is 121 Å². The van der Waals surface area contributed by atoms with Crippen molar-refractivity contribution in [1.29, 1.82) is 0 Å². The summed E-state index contributed by atoms with van der Waals surface area (Å²) in [4.78, 5) is 11.5. The molecule has 2 fully saturated rings. The highest BCUT2D eigenvalue weighted by molar-refractivity contribution is 5.89. The molecule has 0 heterocycles. The van der Waals surface area contributed by atoms with Gasteiger partial charge in [0, 0.05) is 0 Å². The van der Waals surface area contributed by atoms with Gasteiger partial charge in [0.1, 0.15) is 0 Å². The van der Waals surface area contributed by atoms with Crippen molar-refractivity contribution in [2.24, 2.45) is 11.8 Å². The molecule has 0 aliphatic heterocycles. The number of esters is 1. The smallest absolute Gasteiger partial charge is 0.337 e. The standard InChI is InChI=1S/C18H24O2/c1-20-18(19)15-9-6-14(7-10-15)17-11-8-13-4-2-3-5-16(13)12-17/h6-7,9-10,13,16-17H,2-5,8,11-12H2,1H3. The number of fused-ring (bicyclic) bond motifs is 1. The van der Waals surface area contributed by atoms with E-state index in [-0.39, 0.29) is 5.97 Å². The van der Waals surface area contributed by atoms with Gasteiger partial charge >= 0.3 is 5.97 Å². The van der Waals surface area contributed by atoms with Crippen LogP contribution in [0.5, 0.6) is 0 Å². The topological polar surface area (TPSA) is 26.3 Å². The summed E-state index contributed by atoms with van der Waals surface area (Å²) in [7, 11) is 1.43. The first-order chi connectivity index (χ1) is 9.78. The van der Waals surface area contributed by atoms with Gasteiger partial charge in [0.2, 0.25) is 0 Å². The lowest BCUT2D eigenvalue weighted by molar-refractivity contribution is 0.0600. The molecule has 3 rings (SSSR count). The van der Waals surface area contributed by atoms with E-state index in [1.807, 2.05) is 12.1 Å². The average Bonchev–Trinajstić information content (AvgIpc) is 2.54. The lowest BCUT2D eigenvalue weighted by Gasteiger charge is -2.39. The fourth-order valence-corrected chi connectivity index (χ4v) is 4.19. The number of ether oxygens (including phenoxy) is 1. The van der Waals surface area contributed by atoms with E-state index in [0.717, 1.165) is 11.8 Å². The Morgan fingerprint density at radius 1 is 1.00 bits per heavy atom. The van der Waals surface area contributed by atoms with Gasteiger partial charge < -0.3 is 4.74 Å². The minimum Gasteiger partial charge on any atom is -0.465 e. The lowest BCUT2D eigenvalue weighted by Crippen LogP contribution is -2.26. The molecule has 2 nitrogen and oxygen atoms in total. The number of hydrogen-bond donors (Lipinski definition) is 0. The summed E-state index contributed by atoms with van der Waals surface area (Å²) >= 11 is 0. The number of rotatable bonds is 2. The predicted octanol–water partition coefficient (Wildman–Crippen LogP) is 4.55. The molecule has 2 saturated carbocycles. The van der Waals surface area contributed by atoms with Gasteiger partial charge in [0.25, 0.3) is 0 Å². The van der Waals surface area contributed by atoms with E-state index in [9.17, 15) is 4.79 Å². The number of hydrogen-bond acceptors (Lipinski definition) is 2. The first kappa shape index (κ1) is 13.7. The largest absolute Gasteiger partial charge is 0.465 e. The Morgan fingerprint density at radius 3 is 2.40 bits per heavy atom. The summed E-state index contributed by atoms with van der Waals surface area (Å²) < 4.78 is 4.75. The van der Waals surface area contributed by atoms with Gasteiger partial charge in [0.05, 0.1) is 12.7 Å². The number of benzene rings is 1. The first-order valence-corrected chi connectivity index (χ1v) is 7.96. The van der Waals surface area contributed by atoms with Gasteiger partial charge in [0.15, 0.2) is 0 Å². The summed E-state index contributed by atoms with van der Waals surface area (Å²) in [6.07, 6.45) is 9.82. The molecule has 3 atom stereocenters. The molecule has 0 amide bonds. The maximum absolute atomic E-state index is 11.5. The average molecular weight is 272 g/mol. The van der Waals surface area contributed by atoms with E-state index in [0.29, 0.717) is 11.5 Å². The highest BCUT2D eigenvalue weighted by Gasteiger charge is 2.32. The molecule has 2 heteroatoms. The van der Waals surface area contributed by atoms with E-state index in [2.05, 4.69) is 12.1 Å². The zero-order valence-electron chi connectivity index (χ0n) is 12.3. The maximum Gasteiger partial charge on any atom is 0.337 e. The summed E-state index contributed by atoms with van der Waals surface area (Å²) in [5.41, 5.74) is 2.06. The second kappa shape index (κ2) is 5.99. The van der Waals surface area contributed by atoms with Crippen LogP contribution in [-0.2, 0) is 4.74 Å². The zero-order valence-corrected chi connectivity index (χ0v) is 12.3. The van der Waals surface area contributed by atoms with Crippen LogP contribution in [0.25, 0.3) is 0 Å². The third-order valence-electron chi connectivity index (χ3n) is 5.34. The van der Waals surface area contributed by atoms with Crippen LogP contribution in [-0.4, -0.2) is 13.1 Å². The van der Waals surface area contributed by atoms with Crippen molar-refractivity contribution in [2.75, 3.05) is 7.11 Å². The van der Waals surface area contributed by atoms with Crippen molar-refractivity contribution in [3.63, 3.8) is 0 Å². The molecule has 0 aromatic heterocycles. The number of methoxy groups -OCH3 is 1. The SMILES string of the molecule is COC(=O)c1ccc(C2CCC3CCCCC3C2)cc1. The Bertz CT molecular complexity index is 463. The fraction of sp³-hybridized carbons (Fsp3) is 0.611. The highest BCUT2D eigenvalue weighted by atomic mass is 16.5. The summed E-state index contributed by atoms with van der Waals surface area (Å²) in [5.74, 6) is 2.39. The van der Waals surface area contributed by atoms with Crippen molar-refractivity contribution < 1.29 is 9.53 Å². The quantitative estimate of drug-likeness (QED) is 0.738. The number of carbonyl (C=O) groups is 1. The van der Waals surface area contributed by atoms with Crippen LogP contribution in [0.3, 0.4) is 0 Å².